The molecule has 6 nitrogen and oxygen atoms in total. The van der Waals surface area contributed by atoms with Crippen molar-refractivity contribution < 1.29 is 19.1 Å². The Balaban J connectivity index is 1.90. The lowest BCUT2D eigenvalue weighted by Crippen LogP contribution is -2.35. The number of nitrogens with zero attached hydrogens (tertiary/aromatic N) is 2. The van der Waals surface area contributed by atoms with Crippen LogP contribution in [0.1, 0.15) is 16.1 Å². The van der Waals surface area contributed by atoms with E-state index in [9.17, 15) is 9.59 Å². The Hall–Kier alpha value is -2.93. The van der Waals surface area contributed by atoms with Gasteiger partial charge < -0.3 is 14.4 Å². The maximum absolute atomic E-state index is 12.2. The van der Waals surface area contributed by atoms with E-state index in [0.29, 0.717) is 31.0 Å². The standard InChI is InChI=1S/C19H20N2O4S/c1-3-8-21(9-4-2)18(22)12-25-19(23)15-6-5-7-17(10-15)24-11-16-13-26-14-20-16/h3-7,10,13-14H,1-2,8-9,11-12H2. The molecule has 0 aliphatic rings. The molecule has 0 atom stereocenters. The van der Waals surface area contributed by atoms with Crippen molar-refractivity contribution in [3.63, 3.8) is 0 Å². The predicted octanol–water partition coefficient (Wildman–Crippen LogP) is 3.08. The Morgan fingerprint density at radius 3 is 2.65 bits per heavy atom. The zero-order valence-corrected chi connectivity index (χ0v) is 15.1. The molecule has 2 rings (SSSR count). The highest BCUT2D eigenvalue weighted by atomic mass is 32.1. The third-order valence-electron chi connectivity index (χ3n) is 3.32. The van der Waals surface area contributed by atoms with Crippen molar-refractivity contribution in [1.29, 1.82) is 0 Å². The minimum atomic E-state index is -0.588. The highest BCUT2D eigenvalue weighted by Crippen LogP contribution is 2.16. The third-order valence-corrected chi connectivity index (χ3v) is 3.95. The van der Waals surface area contributed by atoms with E-state index < -0.39 is 5.97 Å². The lowest BCUT2D eigenvalue weighted by Gasteiger charge is -2.19. The van der Waals surface area contributed by atoms with Crippen LogP contribution in [-0.4, -0.2) is 41.5 Å². The van der Waals surface area contributed by atoms with Crippen LogP contribution >= 0.6 is 11.3 Å². The number of hydrogen-bond acceptors (Lipinski definition) is 6. The summed E-state index contributed by atoms with van der Waals surface area (Å²) in [4.78, 5) is 29.9. The highest BCUT2D eigenvalue weighted by Gasteiger charge is 2.15. The van der Waals surface area contributed by atoms with Gasteiger partial charge in [-0.3, -0.25) is 4.79 Å². The molecule has 136 valence electrons. The summed E-state index contributed by atoms with van der Waals surface area (Å²) in [6.45, 7) is 7.90. The molecule has 1 amide bonds. The Kier molecular flexibility index (Phi) is 7.57. The molecule has 0 aliphatic carbocycles. The largest absolute Gasteiger partial charge is 0.487 e. The van der Waals surface area contributed by atoms with Crippen molar-refractivity contribution in [2.24, 2.45) is 0 Å². The van der Waals surface area contributed by atoms with Gasteiger partial charge in [-0.2, -0.15) is 0 Å². The van der Waals surface area contributed by atoms with Crippen LogP contribution in [-0.2, 0) is 16.1 Å². The van der Waals surface area contributed by atoms with E-state index in [1.807, 2.05) is 5.38 Å². The predicted molar refractivity (Wildman–Crippen MR) is 100 cm³/mol. The molecule has 0 saturated heterocycles. The van der Waals surface area contributed by atoms with Gasteiger partial charge in [0.1, 0.15) is 12.4 Å². The molecule has 0 saturated carbocycles. The molecule has 1 heterocycles. The van der Waals surface area contributed by atoms with Crippen molar-refractivity contribution in [2.45, 2.75) is 6.61 Å². The molecule has 0 unspecified atom stereocenters. The number of esters is 1. The number of aromatic nitrogens is 1. The van der Waals surface area contributed by atoms with Crippen LogP contribution in [0.4, 0.5) is 0 Å². The van der Waals surface area contributed by atoms with Crippen LogP contribution in [0.15, 0.2) is 60.5 Å². The molecular weight excluding hydrogens is 352 g/mol. The number of hydrogen-bond donors (Lipinski definition) is 0. The van der Waals surface area contributed by atoms with Crippen molar-refractivity contribution >= 4 is 23.2 Å². The molecule has 26 heavy (non-hydrogen) atoms. The molecule has 0 bridgehead atoms. The maximum atomic E-state index is 12.2. The second kappa shape index (κ2) is 10.1. The second-order valence-electron chi connectivity index (χ2n) is 5.25. The molecule has 1 aromatic carbocycles. The van der Waals surface area contributed by atoms with Gasteiger partial charge in [0, 0.05) is 18.5 Å². The first-order valence-electron chi connectivity index (χ1n) is 7.90. The van der Waals surface area contributed by atoms with Crippen LogP contribution in [0.25, 0.3) is 0 Å². The summed E-state index contributed by atoms with van der Waals surface area (Å²) in [6.07, 6.45) is 3.21. The number of ether oxygens (including phenoxy) is 2. The molecule has 0 aliphatic heterocycles. The molecule has 7 heteroatoms. The zero-order chi connectivity index (χ0) is 18.8. The average Bonchev–Trinajstić information content (AvgIpc) is 3.18. The van der Waals surface area contributed by atoms with E-state index >= 15 is 0 Å². The molecule has 0 fully saturated rings. The highest BCUT2D eigenvalue weighted by molar-refractivity contribution is 7.07. The van der Waals surface area contributed by atoms with Gasteiger partial charge in [-0.25, -0.2) is 9.78 Å². The first-order valence-corrected chi connectivity index (χ1v) is 8.85. The number of carbonyl (C=O) groups excluding carboxylic acids is 2. The number of thiazole rings is 1. The Morgan fingerprint density at radius 1 is 1.23 bits per heavy atom. The summed E-state index contributed by atoms with van der Waals surface area (Å²) in [6, 6.07) is 6.61. The zero-order valence-electron chi connectivity index (χ0n) is 14.3. The number of rotatable bonds is 10. The quantitative estimate of drug-likeness (QED) is 0.474. The molecule has 1 aromatic heterocycles. The second-order valence-corrected chi connectivity index (χ2v) is 5.97. The SMILES string of the molecule is C=CCN(CC=C)C(=O)COC(=O)c1cccc(OCc2cscn2)c1. The van der Waals surface area contributed by atoms with E-state index in [1.165, 1.54) is 16.2 Å². The summed E-state index contributed by atoms with van der Waals surface area (Å²) in [5.41, 5.74) is 2.86. The minimum Gasteiger partial charge on any atom is -0.487 e. The van der Waals surface area contributed by atoms with E-state index in [2.05, 4.69) is 18.1 Å². The van der Waals surface area contributed by atoms with Gasteiger partial charge in [-0.15, -0.1) is 24.5 Å². The van der Waals surface area contributed by atoms with Gasteiger partial charge in [0.25, 0.3) is 5.91 Å². The first kappa shape index (κ1) is 19.4. The van der Waals surface area contributed by atoms with Crippen LogP contribution < -0.4 is 4.74 Å². The summed E-state index contributed by atoms with van der Waals surface area (Å²) in [5, 5.41) is 1.89. The fourth-order valence-electron chi connectivity index (χ4n) is 2.07. The van der Waals surface area contributed by atoms with Crippen LogP contribution in [0, 0.1) is 0 Å². The van der Waals surface area contributed by atoms with E-state index in [-0.39, 0.29) is 12.5 Å². The lowest BCUT2D eigenvalue weighted by molar-refractivity contribution is -0.133. The van der Waals surface area contributed by atoms with Crippen molar-refractivity contribution in [1.82, 2.24) is 9.88 Å². The fourth-order valence-corrected chi connectivity index (χ4v) is 2.61. The Bertz CT molecular complexity index is 749. The minimum absolute atomic E-state index is 0.311. The van der Waals surface area contributed by atoms with E-state index in [0.717, 1.165) is 5.69 Å². The number of benzene rings is 1. The summed E-state index contributed by atoms with van der Waals surface area (Å²) < 4.78 is 10.7. The van der Waals surface area contributed by atoms with Crippen molar-refractivity contribution in [3.05, 3.63) is 71.7 Å². The first-order chi connectivity index (χ1) is 12.6. The Labute approximate surface area is 156 Å². The summed E-state index contributed by atoms with van der Waals surface area (Å²) in [5.74, 6) is -0.373. The molecule has 0 N–H and O–H groups in total. The van der Waals surface area contributed by atoms with Crippen LogP contribution in [0.3, 0.4) is 0 Å². The van der Waals surface area contributed by atoms with E-state index in [4.69, 9.17) is 9.47 Å². The van der Waals surface area contributed by atoms with Crippen molar-refractivity contribution in [3.8, 4) is 5.75 Å². The molecule has 0 spiro atoms. The van der Waals surface area contributed by atoms with Gasteiger partial charge >= 0.3 is 5.97 Å². The molecule has 2 aromatic rings. The van der Waals surface area contributed by atoms with Gasteiger partial charge in [0.15, 0.2) is 6.61 Å². The summed E-state index contributed by atoms with van der Waals surface area (Å²) in [7, 11) is 0. The molecule has 0 radical (unpaired) electrons. The Morgan fingerprint density at radius 2 is 2.00 bits per heavy atom. The van der Waals surface area contributed by atoms with E-state index in [1.54, 1.807) is 41.9 Å². The van der Waals surface area contributed by atoms with Gasteiger partial charge in [-0.05, 0) is 18.2 Å². The van der Waals surface area contributed by atoms with Gasteiger partial charge in [0.2, 0.25) is 0 Å². The maximum Gasteiger partial charge on any atom is 0.338 e. The lowest BCUT2D eigenvalue weighted by atomic mass is 10.2. The van der Waals surface area contributed by atoms with Gasteiger partial charge in [-0.1, -0.05) is 18.2 Å². The van der Waals surface area contributed by atoms with Crippen LogP contribution in [0.2, 0.25) is 0 Å². The number of amides is 1. The monoisotopic (exact) mass is 372 g/mol. The normalized spacial score (nSPS) is 10.0. The number of carbonyl (C=O) groups is 2. The van der Waals surface area contributed by atoms with Crippen molar-refractivity contribution in [2.75, 3.05) is 19.7 Å². The topological polar surface area (TPSA) is 68.7 Å². The third kappa shape index (κ3) is 5.86. The molecular formula is C19H20N2O4S. The van der Waals surface area contributed by atoms with Crippen LogP contribution in [0.5, 0.6) is 5.75 Å². The smallest absolute Gasteiger partial charge is 0.338 e. The fraction of sp³-hybridized carbons (Fsp3) is 0.211. The van der Waals surface area contributed by atoms with Gasteiger partial charge in [0.05, 0.1) is 16.8 Å². The average molecular weight is 372 g/mol. The summed E-state index contributed by atoms with van der Waals surface area (Å²) >= 11 is 1.49.